The van der Waals surface area contributed by atoms with E-state index in [9.17, 15) is 13.6 Å². The monoisotopic (exact) mass is 405 g/mol. The highest BCUT2D eigenvalue weighted by molar-refractivity contribution is 6.34. The number of amides is 1. The Morgan fingerprint density at radius 1 is 1.14 bits per heavy atom. The second-order valence-electron chi connectivity index (χ2n) is 6.68. The van der Waals surface area contributed by atoms with Crippen molar-refractivity contribution >= 4 is 23.2 Å². The number of benzene rings is 2. The molecule has 0 fully saturated rings. The minimum Gasteiger partial charge on any atom is -0.334 e. The zero-order valence-electron chi connectivity index (χ0n) is 15.5. The molecule has 1 heterocycles. The second kappa shape index (κ2) is 8.06. The Bertz CT molecular complexity index is 1020. The number of nitrogens with one attached hydrogen (secondary N) is 1. The Morgan fingerprint density at radius 2 is 1.89 bits per heavy atom. The molecule has 0 aliphatic heterocycles. The van der Waals surface area contributed by atoms with Gasteiger partial charge < -0.3 is 9.84 Å². The highest BCUT2D eigenvalue weighted by Crippen LogP contribution is 2.30. The molecule has 146 valence electrons. The minimum absolute atomic E-state index is 0.0960. The Kier molecular flexibility index (Phi) is 5.74. The summed E-state index contributed by atoms with van der Waals surface area (Å²) in [5.74, 6) is -1.75. The van der Waals surface area contributed by atoms with Crippen molar-refractivity contribution in [1.82, 2.24) is 10.1 Å². The Balaban J connectivity index is 1.77. The fourth-order valence-corrected chi connectivity index (χ4v) is 2.80. The van der Waals surface area contributed by atoms with Gasteiger partial charge in [0, 0.05) is 23.1 Å². The predicted octanol–water partition coefficient (Wildman–Crippen LogP) is 5.53. The zero-order chi connectivity index (χ0) is 20.4. The molecule has 1 atom stereocenters. The van der Waals surface area contributed by atoms with Crippen LogP contribution in [0.1, 0.15) is 44.0 Å². The number of carbonyl (C=O) groups excluding carboxylic acids is 1. The first-order valence-corrected chi connectivity index (χ1v) is 9.03. The molecule has 0 saturated carbocycles. The zero-order valence-corrected chi connectivity index (χ0v) is 16.2. The molecule has 0 bridgehead atoms. The number of halogens is 3. The average molecular weight is 406 g/mol. The molecule has 1 amide bonds. The van der Waals surface area contributed by atoms with Crippen LogP contribution in [-0.2, 0) is 4.79 Å². The smallest absolute Gasteiger partial charge is 0.257 e. The molecular formula is C20H18ClF2N3O2. The SMILES string of the molecule is CC(C)c1noc(-c2ccc(NC(=O)C(C)c3ccc(F)cc3F)c(Cl)c2)n1. The third-order valence-corrected chi connectivity index (χ3v) is 4.57. The number of anilines is 1. The molecule has 8 heteroatoms. The Labute approximate surface area is 165 Å². The molecule has 1 unspecified atom stereocenters. The number of nitrogens with zero attached hydrogens (tertiary/aromatic N) is 2. The maximum Gasteiger partial charge on any atom is 0.257 e. The van der Waals surface area contributed by atoms with E-state index < -0.39 is 23.5 Å². The van der Waals surface area contributed by atoms with Crippen molar-refractivity contribution in [3.05, 3.63) is 64.4 Å². The first-order chi connectivity index (χ1) is 13.3. The van der Waals surface area contributed by atoms with Crippen LogP contribution in [0.2, 0.25) is 5.02 Å². The fraction of sp³-hybridized carbons (Fsp3) is 0.250. The molecular weight excluding hydrogens is 388 g/mol. The van der Waals surface area contributed by atoms with Gasteiger partial charge >= 0.3 is 0 Å². The van der Waals surface area contributed by atoms with Crippen LogP contribution < -0.4 is 5.32 Å². The van der Waals surface area contributed by atoms with Crippen LogP contribution in [0.25, 0.3) is 11.5 Å². The standard InChI is InChI=1S/C20H18ClF2N3O2/c1-10(2)18-25-20(28-26-18)12-4-7-17(15(21)8-12)24-19(27)11(3)14-6-5-13(22)9-16(14)23/h4-11H,1-3H3,(H,24,27). The lowest BCUT2D eigenvalue weighted by atomic mass is 9.99. The van der Waals surface area contributed by atoms with Crippen molar-refractivity contribution in [2.24, 2.45) is 0 Å². The van der Waals surface area contributed by atoms with Gasteiger partial charge in [-0.05, 0) is 31.2 Å². The summed E-state index contributed by atoms with van der Waals surface area (Å²) in [6.45, 7) is 5.43. The summed E-state index contributed by atoms with van der Waals surface area (Å²) in [6.07, 6.45) is 0. The molecule has 0 saturated heterocycles. The Hall–Kier alpha value is -2.80. The summed E-state index contributed by atoms with van der Waals surface area (Å²) < 4.78 is 32.2. The van der Waals surface area contributed by atoms with Crippen LogP contribution in [-0.4, -0.2) is 16.0 Å². The topological polar surface area (TPSA) is 68.0 Å². The van der Waals surface area contributed by atoms with E-state index in [1.54, 1.807) is 18.2 Å². The van der Waals surface area contributed by atoms with Gasteiger partial charge in [-0.25, -0.2) is 8.78 Å². The van der Waals surface area contributed by atoms with Crippen molar-refractivity contribution in [2.75, 3.05) is 5.32 Å². The lowest BCUT2D eigenvalue weighted by Gasteiger charge is -2.14. The van der Waals surface area contributed by atoms with Crippen molar-refractivity contribution in [1.29, 1.82) is 0 Å². The van der Waals surface area contributed by atoms with Crippen molar-refractivity contribution in [3.8, 4) is 11.5 Å². The number of aromatic nitrogens is 2. The molecule has 0 aliphatic carbocycles. The first kappa shape index (κ1) is 19.9. The number of hydrogen-bond acceptors (Lipinski definition) is 4. The van der Waals surface area contributed by atoms with Crippen LogP contribution in [0, 0.1) is 11.6 Å². The maximum atomic E-state index is 13.9. The van der Waals surface area contributed by atoms with Gasteiger partial charge in [0.1, 0.15) is 11.6 Å². The molecule has 2 aromatic carbocycles. The first-order valence-electron chi connectivity index (χ1n) is 8.65. The van der Waals surface area contributed by atoms with Crippen LogP contribution >= 0.6 is 11.6 Å². The largest absolute Gasteiger partial charge is 0.334 e. The maximum absolute atomic E-state index is 13.9. The van der Waals surface area contributed by atoms with Gasteiger partial charge in [-0.15, -0.1) is 0 Å². The molecule has 3 aromatic rings. The molecule has 1 aromatic heterocycles. The van der Waals surface area contributed by atoms with E-state index in [0.717, 1.165) is 12.1 Å². The average Bonchev–Trinajstić information content (AvgIpc) is 3.13. The molecule has 0 spiro atoms. The normalized spacial score (nSPS) is 12.2. The van der Waals surface area contributed by atoms with E-state index in [0.29, 0.717) is 23.0 Å². The minimum atomic E-state index is -0.833. The molecule has 5 nitrogen and oxygen atoms in total. The second-order valence-corrected chi connectivity index (χ2v) is 7.09. The van der Waals surface area contributed by atoms with Gasteiger partial charge in [-0.3, -0.25) is 4.79 Å². The van der Waals surface area contributed by atoms with Gasteiger partial charge in [-0.1, -0.05) is 36.7 Å². The van der Waals surface area contributed by atoms with Gasteiger partial charge in [0.2, 0.25) is 5.91 Å². The summed E-state index contributed by atoms with van der Waals surface area (Å²) in [7, 11) is 0. The van der Waals surface area contributed by atoms with Crippen molar-refractivity contribution < 1.29 is 18.1 Å². The molecule has 1 N–H and O–H groups in total. The highest BCUT2D eigenvalue weighted by atomic mass is 35.5. The summed E-state index contributed by atoms with van der Waals surface area (Å²) in [5.41, 5.74) is 1.06. The summed E-state index contributed by atoms with van der Waals surface area (Å²) in [6, 6.07) is 7.99. The molecule has 0 radical (unpaired) electrons. The summed E-state index contributed by atoms with van der Waals surface area (Å²) in [4.78, 5) is 16.8. The molecule has 3 rings (SSSR count). The third-order valence-electron chi connectivity index (χ3n) is 4.25. The van der Waals surface area contributed by atoms with E-state index in [4.69, 9.17) is 16.1 Å². The van der Waals surface area contributed by atoms with Crippen LogP contribution in [0.3, 0.4) is 0 Å². The lowest BCUT2D eigenvalue weighted by molar-refractivity contribution is -0.117. The van der Waals surface area contributed by atoms with E-state index in [2.05, 4.69) is 15.5 Å². The van der Waals surface area contributed by atoms with Gasteiger partial charge in [0.15, 0.2) is 5.82 Å². The number of rotatable bonds is 5. The number of carbonyl (C=O) groups is 1. The quantitative estimate of drug-likeness (QED) is 0.605. The molecule has 28 heavy (non-hydrogen) atoms. The van der Waals surface area contributed by atoms with Crippen molar-refractivity contribution in [2.45, 2.75) is 32.6 Å². The molecule has 0 aliphatic rings. The van der Waals surface area contributed by atoms with E-state index in [-0.39, 0.29) is 16.5 Å². The fourth-order valence-electron chi connectivity index (χ4n) is 2.57. The third kappa shape index (κ3) is 4.20. The predicted molar refractivity (Wildman–Crippen MR) is 102 cm³/mol. The van der Waals surface area contributed by atoms with Crippen molar-refractivity contribution in [3.63, 3.8) is 0 Å². The number of hydrogen-bond donors (Lipinski definition) is 1. The summed E-state index contributed by atoms with van der Waals surface area (Å²) in [5, 5.41) is 6.82. The van der Waals surface area contributed by atoms with Gasteiger partial charge in [-0.2, -0.15) is 4.98 Å². The van der Waals surface area contributed by atoms with Crippen LogP contribution in [0.4, 0.5) is 14.5 Å². The van der Waals surface area contributed by atoms with Crippen LogP contribution in [0.15, 0.2) is 40.9 Å². The Morgan fingerprint density at radius 3 is 2.50 bits per heavy atom. The van der Waals surface area contributed by atoms with E-state index in [1.165, 1.54) is 13.0 Å². The van der Waals surface area contributed by atoms with Gasteiger partial charge in [0.25, 0.3) is 5.89 Å². The van der Waals surface area contributed by atoms with Gasteiger partial charge in [0.05, 0.1) is 16.6 Å². The van der Waals surface area contributed by atoms with E-state index in [1.807, 2.05) is 13.8 Å². The van der Waals surface area contributed by atoms with Crippen LogP contribution in [0.5, 0.6) is 0 Å². The van der Waals surface area contributed by atoms with E-state index >= 15 is 0 Å². The summed E-state index contributed by atoms with van der Waals surface area (Å²) >= 11 is 6.27. The highest BCUT2D eigenvalue weighted by Gasteiger charge is 2.21. The lowest BCUT2D eigenvalue weighted by Crippen LogP contribution is -2.20.